The van der Waals surface area contributed by atoms with Crippen LogP contribution in [0.3, 0.4) is 0 Å². The van der Waals surface area contributed by atoms with Gasteiger partial charge in [0, 0.05) is 24.7 Å². The van der Waals surface area contributed by atoms with Crippen molar-refractivity contribution in [1.29, 1.82) is 0 Å². The molecule has 1 fully saturated rings. The van der Waals surface area contributed by atoms with Crippen LogP contribution in [0, 0.1) is 0 Å². The smallest absolute Gasteiger partial charge is 0.330 e. The monoisotopic (exact) mass is 375 g/mol. The van der Waals surface area contributed by atoms with Crippen LogP contribution < -0.4 is 16.6 Å². The molecule has 1 saturated heterocycles. The molecule has 0 saturated carbocycles. The van der Waals surface area contributed by atoms with Gasteiger partial charge in [0.05, 0.1) is 11.4 Å². The molecule has 2 rings (SSSR count). The van der Waals surface area contributed by atoms with Gasteiger partial charge in [0.1, 0.15) is 12.3 Å². The third kappa shape index (κ3) is 3.65. The van der Waals surface area contributed by atoms with E-state index in [9.17, 15) is 19.5 Å². The van der Waals surface area contributed by atoms with Crippen LogP contribution in [0.1, 0.15) is 25.1 Å². The number of aromatic amines is 1. The molecule has 0 aliphatic carbocycles. The maximum Gasteiger partial charge on any atom is 0.330 e. The van der Waals surface area contributed by atoms with E-state index in [1.54, 1.807) is 0 Å². The number of H-pyrrole nitrogens is 1. The first kappa shape index (κ1) is 16.9. The number of aliphatic hydroxyl groups is 1. The van der Waals surface area contributed by atoms with Crippen molar-refractivity contribution in [3.05, 3.63) is 32.6 Å². The van der Waals surface area contributed by atoms with Crippen molar-refractivity contribution in [3.8, 4) is 0 Å². The van der Waals surface area contributed by atoms with Gasteiger partial charge in [-0.1, -0.05) is 22.9 Å². The molecule has 1 aliphatic heterocycles. The van der Waals surface area contributed by atoms with Crippen molar-refractivity contribution in [2.24, 2.45) is 0 Å². The number of hydrogen-bond acceptors (Lipinski definition) is 5. The lowest BCUT2D eigenvalue weighted by atomic mass is 10.2. The SMILES string of the molecule is CCc1cn(C2CC(O)C(CNC(=O)CBr)O2)c(=O)[nH]c1=O. The van der Waals surface area contributed by atoms with Crippen LogP contribution in [0.2, 0.25) is 0 Å². The highest BCUT2D eigenvalue weighted by molar-refractivity contribution is 9.09. The fourth-order valence-electron chi connectivity index (χ4n) is 2.32. The molecule has 3 atom stereocenters. The molecule has 8 nitrogen and oxygen atoms in total. The van der Waals surface area contributed by atoms with E-state index < -0.39 is 29.7 Å². The van der Waals surface area contributed by atoms with Gasteiger partial charge >= 0.3 is 5.69 Å². The molecule has 0 bridgehead atoms. The van der Waals surface area contributed by atoms with E-state index in [-0.39, 0.29) is 24.2 Å². The van der Waals surface area contributed by atoms with Crippen LogP contribution in [-0.2, 0) is 16.0 Å². The Labute approximate surface area is 134 Å². The molecule has 1 aromatic rings. The van der Waals surface area contributed by atoms with E-state index in [4.69, 9.17) is 4.74 Å². The highest BCUT2D eigenvalue weighted by Crippen LogP contribution is 2.27. The summed E-state index contributed by atoms with van der Waals surface area (Å²) in [7, 11) is 0. The Morgan fingerprint density at radius 2 is 2.32 bits per heavy atom. The second kappa shape index (κ2) is 7.21. The van der Waals surface area contributed by atoms with Crippen LogP contribution >= 0.6 is 15.9 Å². The minimum Gasteiger partial charge on any atom is -0.390 e. The van der Waals surface area contributed by atoms with Crippen molar-refractivity contribution in [1.82, 2.24) is 14.9 Å². The fourth-order valence-corrected chi connectivity index (χ4v) is 2.52. The number of aryl methyl sites for hydroxylation is 1. The number of carbonyl (C=O) groups is 1. The van der Waals surface area contributed by atoms with Crippen molar-refractivity contribution in [2.45, 2.75) is 38.2 Å². The number of ether oxygens (including phenoxy) is 1. The molecular formula is C13H18BrN3O5. The van der Waals surface area contributed by atoms with Gasteiger partial charge in [-0.05, 0) is 6.42 Å². The molecule has 122 valence electrons. The Balaban J connectivity index is 2.13. The van der Waals surface area contributed by atoms with E-state index in [2.05, 4.69) is 26.2 Å². The van der Waals surface area contributed by atoms with Crippen LogP contribution in [0.5, 0.6) is 0 Å². The second-order valence-electron chi connectivity index (χ2n) is 5.04. The quantitative estimate of drug-likeness (QED) is 0.586. The first-order valence-electron chi connectivity index (χ1n) is 6.96. The van der Waals surface area contributed by atoms with E-state index in [1.165, 1.54) is 10.8 Å². The number of nitrogens with zero attached hydrogens (tertiary/aromatic N) is 1. The summed E-state index contributed by atoms with van der Waals surface area (Å²) >= 11 is 3.03. The number of hydrogen-bond donors (Lipinski definition) is 3. The molecule has 3 unspecified atom stereocenters. The molecule has 1 aliphatic rings. The van der Waals surface area contributed by atoms with E-state index >= 15 is 0 Å². The van der Waals surface area contributed by atoms with Gasteiger partial charge in [0.15, 0.2) is 0 Å². The number of aromatic nitrogens is 2. The highest BCUT2D eigenvalue weighted by Gasteiger charge is 2.35. The number of aliphatic hydroxyl groups excluding tert-OH is 1. The Kier molecular flexibility index (Phi) is 5.54. The Morgan fingerprint density at radius 1 is 1.59 bits per heavy atom. The predicted octanol–water partition coefficient (Wildman–Crippen LogP) is -0.741. The summed E-state index contributed by atoms with van der Waals surface area (Å²) in [6.07, 6.45) is 0.0781. The summed E-state index contributed by atoms with van der Waals surface area (Å²) < 4.78 is 6.91. The number of amides is 1. The Bertz CT molecular complexity index is 656. The summed E-state index contributed by atoms with van der Waals surface area (Å²) in [5.41, 5.74) is -0.526. The van der Waals surface area contributed by atoms with Crippen molar-refractivity contribution < 1.29 is 14.6 Å². The number of halogens is 1. The van der Waals surface area contributed by atoms with Crippen LogP contribution in [0.4, 0.5) is 0 Å². The number of carbonyl (C=O) groups excluding carboxylic acids is 1. The molecule has 1 aromatic heterocycles. The van der Waals surface area contributed by atoms with Gasteiger partial charge in [0.2, 0.25) is 5.91 Å². The molecule has 0 radical (unpaired) electrons. The zero-order valence-electron chi connectivity index (χ0n) is 12.0. The topological polar surface area (TPSA) is 113 Å². The third-order valence-electron chi connectivity index (χ3n) is 3.56. The summed E-state index contributed by atoms with van der Waals surface area (Å²) in [6.45, 7) is 1.96. The molecule has 1 amide bonds. The summed E-state index contributed by atoms with van der Waals surface area (Å²) in [6, 6.07) is 0. The minimum absolute atomic E-state index is 0.154. The van der Waals surface area contributed by atoms with Crippen LogP contribution in [0.15, 0.2) is 15.8 Å². The summed E-state index contributed by atoms with van der Waals surface area (Å²) in [4.78, 5) is 36.9. The lowest BCUT2D eigenvalue weighted by Crippen LogP contribution is -2.38. The molecule has 0 spiro atoms. The zero-order valence-corrected chi connectivity index (χ0v) is 13.6. The van der Waals surface area contributed by atoms with Crippen molar-refractivity contribution >= 4 is 21.8 Å². The van der Waals surface area contributed by atoms with Crippen LogP contribution in [-0.4, -0.2) is 44.6 Å². The van der Waals surface area contributed by atoms with E-state index in [1.807, 2.05) is 6.92 Å². The van der Waals surface area contributed by atoms with Crippen LogP contribution in [0.25, 0.3) is 0 Å². The normalized spacial score (nSPS) is 24.4. The number of rotatable bonds is 5. The molecule has 22 heavy (non-hydrogen) atoms. The molecular weight excluding hydrogens is 358 g/mol. The molecule has 9 heteroatoms. The van der Waals surface area contributed by atoms with Gasteiger partial charge in [-0.25, -0.2) is 4.79 Å². The van der Waals surface area contributed by atoms with Gasteiger partial charge in [-0.2, -0.15) is 0 Å². The zero-order chi connectivity index (χ0) is 16.3. The summed E-state index contributed by atoms with van der Waals surface area (Å²) in [5.74, 6) is -0.214. The third-order valence-corrected chi connectivity index (χ3v) is 4.07. The number of nitrogens with one attached hydrogen (secondary N) is 2. The minimum atomic E-state index is -0.801. The maximum absolute atomic E-state index is 11.9. The van der Waals surface area contributed by atoms with Gasteiger partial charge in [-0.3, -0.25) is 19.1 Å². The average Bonchev–Trinajstić information content (AvgIpc) is 2.85. The molecule has 2 heterocycles. The number of alkyl halides is 1. The first-order valence-corrected chi connectivity index (χ1v) is 8.09. The lowest BCUT2D eigenvalue weighted by Gasteiger charge is -2.16. The lowest BCUT2D eigenvalue weighted by molar-refractivity contribution is -0.119. The standard InChI is InChI=1S/C13H18BrN3O5/c1-2-7-6-17(13(21)16-12(7)20)11-3-8(18)9(22-11)5-15-10(19)4-14/h6,8-9,11,18H,2-5H2,1H3,(H,15,19)(H,16,20,21). The maximum atomic E-state index is 11.9. The average molecular weight is 376 g/mol. The second-order valence-corrected chi connectivity index (χ2v) is 5.61. The first-order chi connectivity index (χ1) is 10.5. The summed E-state index contributed by atoms with van der Waals surface area (Å²) in [5, 5.41) is 12.8. The van der Waals surface area contributed by atoms with Crippen molar-refractivity contribution in [3.63, 3.8) is 0 Å². The van der Waals surface area contributed by atoms with Gasteiger partial charge < -0.3 is 15.2 Å². The fraction of sp³-hybridized carbons (Fsp3) is 0.615. The highest BCUT2D eigenvalue weighted by atomic mass is 79.9. The Morgan fingerprint density at radius 3 is 2.95 bits per heavy atom. The van der Waals surface area contributed by atoms with Gasteiger partial charge in [0.25, 0.3) is 5.56 Å². The van der Waals surface area contributed by atoms with E-state index in [0.29, 0.717) is 12.0 Å². The molecule has 0 aromatic carbocycles. The van der Waals surface area contributed by atoms with Crippen molar-refractivity contribution in [2.75, 3.05) is 11.9 Å². The Hall–Kier alpha value is -1.45. The van der Waals surface area contributed by atoms with Gasteiger partial charge in [-0.15, -0.1) is 0 Å². The van der Waals surface area contributed by atoms with E-state index in [0.717, 1.165) is 0 Å². The molecule has 3 N–H and O–H groups in total. The predicted molar refractivity (Wildman–Crippen MR) is 82.0 cm³/mol. The largest absolute Gasteiger partial charge is 0.390 e.